The summed E-state index contributed by atoms with van der Waals surface area (Å²) in [4.78, 5) is 24.5. The van der Waals surface area contributed by atoms with Crippen LogP contribution < -0.4 is 16.0 Å². The standard InChI is InChI=1S/C22H21N3O3/c1-28-15-17-7-5-6-10-20(17)25-21(26)16-11-13-19(14-12-16)24-22(27)23-18-8-3-2-4-9-18/h2-14H,15H2,1H3,(H,25,26)(H2,23,24,27). The molecule has 0 spiro atoms. The average molecular weight is 375 g/mol. The van der Waals surface area contributed by atoms with Crippen LogP contribution in [0.3, 0.4) is 0 Å². The van der Waals surface area contributed by atoms with Crippen molar-refractivity contribution in [3.8, 4) is 0 Å². The Kier molecular flexibility index (Phi) is 6.38. The lowest BCUT2D eigenvalue weighted by molar-refractivity contribution is 0.102. The van der Waals surface area contributed by atoms with Gasteiger partial charge >= 0.3 is 6.03 Å². The molecular formula is C22H21N3O3. The highest BCUT2D eigenvalue weighted by atomic mass is 16.5. The molecule has 0 radical (unpaired) electrons. The van der Waals surface area contributed by atoms with E-state index in [1.54, 1.807) is 43.5 Å². The van der Waals surface area contributed by atoms with Gasteiger partial charge in [-0.15, -0.1) is 0 Å². The number of nitrogens with one attached hydrogen (secondary N) is 3. The zero-order chi connectivity index (χ0) is 19.8. The molecule has 0 unspecified atom stereocenters. The highest BCUT2D eigenvalue weighted by Gasteiger charge is 2.10. The molecule has 3 aromatic rings. The molecule has 0 aliphatic heterocycles. The lowest BCUT2D eigenvalue weighted by atomic mass is 10.1. The zero-order valence-electron chi connectivity index (χ0n) is 15.4. The van der Waals surface area contributed by atoms with Gasteiger partial charge in [-0.2, -0.15) is 0 Å². The number of methoxy groups -OCH3 is 1. The molecule has 0 atom stereocenters. The van der Waals surface area contributed by atoms with E-state index in [2.05, 4.69) is 16.0 Å². The number of carbonyl (C=O) groups is 2. The number of carbonyl (C=O) groups excluding carboxylic acids is 2. The summed E-state index contributed by atoms with van der Waals surface area (Å²) >= 11 is 0. The van der Waals surface area contributed by atoms with Crippen molar-refractivity contribution in [3.05, 3.63) is 90.0 Å². The van der Waals surface area contributed by atoms with Crippen molar-refractivity contribution in [1.29, 1.82) is 0 Å². The molecule has 3 aromatic carbocycles. The largest absolute Gasteiger partial charge is 0.380 e. The van der Waals surface area contributed by atoms with Crippen LogP contribution in [-0.4, -0.2) is 19.0 Å². The third-order valence-corrected chi connectivity index (χ3v) is 4.00. The Bertz CT molecular complexity index is 941. The summed E-state index contributed by atoms with van der Waals surface area (Å²) in [5.41, 5.74) is 3.38. The second-order valence-corrected chi connectivity index (χ2v) is 6.07. The fourth-order valence-electron chi connectivity index (χ4n) is 2.64. The maximum absolute atomic E-state index is 12.5. The maximum Gasteiger partial charge on any atom is 0.323 e. The predicted molar refractivity (Wildman–Crippen MR) is 111 cm³/mol. The molecule has 6 nitrogen and oxygen atoms in total. The zero-order valence-corrected chi connectivity index (χ0v) is 15.4. The number of para-hydroxylation sites is 2. The number of amides is 3. The molecule has 3 amide bonds. The second kappa shape index (κ2) is 9.34. The van der Waals surface area contributed by atoms with Crippen molar-refractivity contribution in [2.45, 2.75) is 6.61 Å². The van der Waals surface area contributed by atoms with E-state index >= 15 is 0 Å². The van der Waals surface area contributed by atoms with E-state index in [1.807, 2.05) is 42.5 Å². The van der Waals surface area contributed by atoms with Gasteiger partial charge in [0.2, 0.25) is 0 Å². The molecule has 0 saturated heterocycles. The topological polar surface area (TPSA) is 79.5 Å². The van der Waals surface area contributed by atoms with E-state index in [9.17, 15) is 9.59 Å². The van der Waals surface area contributed by atoms with Crippen LogP contribution in [0, 0.1) is 0 Å². The summed E-state index contributed by atoms with van der Waals surface area (Å²) in [5, 5.41) is 8.36. The first kappa shape index (κ1) is 19.1. The Morgan fingerprint density at radius 2 is 1.36 bits per heavy atom. The number of anilines is 3. The van der Waals surface area contributed by atoms with Crippen LogP contribution in [0.1, 0.15) is 15.9 Å². The molecule has 28 heavy (non-hydrogen) atoms. The molecule has 0 aliphatic rings. The van der Waals surface area contributed by atoms with Gasteiger partial charge in [0, 0.05) is 35.3 Å². The first-order valence-corrected chi connectivity index (χ1v) is 8.77. The fraction of sp³-hybridized carbons (Fsp3) is 0.0909. The number of benzene rings is 3. The number of hydrogen-bond donors (Lipinski definition) is 3. The first-order chi connectivity index (χ1) is 13.7. The van der Waals surface area contributed by atoms with Crippen LogP contribution in [0.15, 0.2) is 78.9 Å². The average Bonchev–Trinajstić information content (AvgIpc) is 2.71. The molecular weight excluding hydrogens is 354 g/mol. The van der Waals surface area contributed by atoms with Gasteiger partial charge in [-0.05, 0) is 42.5 Å². The SMILES string of the molecule is COCc1ccccc1NC(=O)c1ccc(NC(=O)Nc2ccccc2)cc1. The third-order valence-electron chi connectivity index (χ3n) is 4.00. The van der Waals surface area contributed by atoms with Gasteiger partial charge in [-0.3, -0.25) is 4.79 Å². The molecule has 0 fully saturated rings. The Balaban J connectivity index is 1.61. The van der Waals surface area contributed by atoms with Gasteiger partial charge in [0.1, 0.15) is 0 Å². The summed E-state index contributed by atoms with van der Waals surface area (Å²) in [6, 6.07) is 23.0. The first-order valence-electron chi connectivity index (χ1n) is 8.77. The third kappa shape index (κ3) is 5.18. The van der Waals surface area contributed by atoms with Crippen LogP contribution in [0.2, 0.25) is 0 Å². The van der Waals surface area contributed by atoms with E-state index < -0.39 is 0 Å². The van der Waals surface area contributed by atoms with Crippen molar-refractivity contribution < 1.29 is 14.3 Å². The molecule has 3 rings (SSSR count). The Hall–Kier alpha value is -3.64. The van der Waals surface area contributed by atoms with Crippen molar-refractivity contribution in [1.82, 2.24) is 0 Å². The van der Waals surface area contributed by atoms with E-state index in [1.165, 1.54) is 0 Å². The minimum absolute atomic E-state index is 0.233. The Labute approximate surface area is 163 Å². The van der Waals surface area contributed by atoms with Crippen molar-refractivity contribution in [2.75, 3.05) is 23.1 Å². The molecule has 0 bridgehead atoms. The van der Waals surface area contributed by atoms with Crippen LogP contribution in [0.25, 0.3) is 0 Å². The normalized spacial score (nSPS) is 10.2. The van der Waals surface area contributed by atoms with Gasteiger partial charge in [0.05, 0.1) is 6.61 Å². The highest BCUT2D eigenvalue weighted by Crippen LogP contribution is 2.18. The van der Waals surface area contributed by atoms with Crippen LogP contribution >= 0.6 is 0 Å². The lowest BCUT2D eigenvalue weighted by Gasteiger charge is -2.11. The van der Waals surface area contributed by atoms with Crippen LogP contribution in [0.4, 0.5) is 21.9 Å². The lowest BCUT2D eigenvalue weighted by Crippen LogP contribution is -2.19. The number of rotatable bonds is 6. The van der Waals surface area contributed by atoms with Gasteiger partial charge in [0.15, 0.2) is 0 Å². The fourth-order valence-corrected chi connectivity index (χ4v) is 2.64. The minimum Gasteiger partial charge on any atom is -0.380 e. The van der Waals surface area contributed by atoms with E-state index in [-0.39, 0.29) is 11.9 Å². The summed E-state index contributed by atoms with van der Waals surface area (Å²) in [6.45, 7) is 0.413. The summed E-state index contributed by atoms with van der Waals surface area (Å²) in [5.74, 6) is -0.233. The van der Waals surface area contributed by atoms with Crippen LogP contribution in [0.5, 0.6) is 0 Å². The Morgan fingerprint density at radius 3 is 2.04 bits per heavy atom. The van der Waals surface area contributed by atoms with E-state index in [0.717, 1.165) is 5.56 Å². The molecule has 0 heterocycles. The van der Waals surface area contributed by atoms with Gasteiger partial charge in [-0.25, -0.2) is 4.79 Å². The molecule has 3 N–H and O–H groups in total. The maximum atomic E-state index is 12.5. The smallest absolute Gasteiger partial charge is 0.323 e. The molecule has 142 valence electrons. The minimum atomic E-state index is -0.350. The number of ether oxygens (including phenoxy) is 1. The monoisotopic (exact) mass is 375 g/mol. The molecule has 0 aliphatic carbocycles. The quantitative estimate of drug-likeness (QED) is 0.583. The van der Waals surface area contributed by atoms with Crippen molar-refractivity contribution in [2.24, 2.45) is 0 Å². The molecule has 0 aromatic heterocycles. The second-order valence-electron chi connectivity index (χ2n) is 6.07. The Morgan fingerprint density at radius 1 is 0.750 bits per heavy atom. The van der Waals surface area contributed by atoms with E-state index in [0.29, 0.717) is 29.2 Å². The van der Waals surface area contributed by atoms with Gasteiger partial charge < -0.3 is 20.7 Å². The summed E-state index contributed by atoms with van der Waals surface area (Å²) in [7, 11) is 1.61. The highest BCUT2D eigenvalue weighted by molar-refractivity contribution is 6.05. The summed E-state index contributed by atoms with van der Waals surface area (Å²) < 4.78 is 5.15. The number of urea groups is 1. The summed E-state index contributed by atoms with van der Waals surface area (Å²) in [6.07, 6.45) is 0. The molecule has 0 saturated carbocycles. The van der Waals surface area contributed by atoms with Gasteiger partial charge in [0.25, 0.3) is 5.91 Å². The van der Waals surface area contributed by atoms with Gasteiger partial charge in [-0.1, -0.05) is 36.4 Å². The van der Waals surface area contributed by atoms with Crippen molar-refractivity contribution in [3.63, 3.8) is 0 Å². The molecule has 6 heteroatoms. The van der Waals surface area contributed by atoms with E-state index in [4.69, 9.17) is 4.74 Å². The number of hydrogen-bond acceptors (Lipinski definition) is 3. The van der Waals surface area contributed by atoms with Crippen molar-refractivity contribution >= 4 is 29.0 Å². The van der Waals surface area contributed by atoms with Crippen LogP contribution in [-0.2, 0) is 11.3 Å². The predicted octanol–water partition coefficient (Wildman–Crippen LogP) is 4.73.